The summed E-state index contributed by atoms with van der Waals surface area (Å²) in [6, 6.07) is 20.3. The number of nitro benzene ring substituents is 1. The summed E-state index contributed by atoms with van der Waals surface area (Å²) in [5.74, 6) is -0.335. The molecule has 3 N–H and O–H groups in total. The van der Waals surface area contributed by atoms with E-state index < -0.39 is 23.0 Å². The smallest absolute Gasteiger partial charge is 0.407 e. The van der Waals surface area contributed by atoms with Gasteiger partial charge in [0, 0.05) is 35.2 Å². The van der Waals surface area contributed by atoms with E-state index in [9.17, 15) is 19.7 Å². The lowest BCUT2D eigenvalue weighted by Crippen LogP contribution is -2.47. The zero-order valence-corrected chi connectivity index (χ0v) is 22.7. The summed E-state index contributed by atoms with van der Waals surface area (Å²) in [7, 11) is 0. The summed E-state index contributed by atoms with van der Waals surface area (Å²) in [4.78, 5) is 39.7. The zero-order chi connectivity index (χ0) is 29.2. The number of fused-ring (bicyclic) bond motifs is 1. The molecule has 212 valence electrons. The Labute approximate surface area is 236 Å². The number of aromatic amines is 1. The van der Waals surface area contributed by atoms with Gasteiger partial charge in [-0.25, -0.2) is 10.2 Å². The Balaban J connectivity index is 1.45. The second-order valence-corrected chi connectivity index (χ2v) is 9.75. The van der Waals surface area contributed by atoms with Gasteiger partial charge in [-0.1, -0.05) is 62.4 Å². The van der Waals surface area contributed by atoms with Gasteiger partial charge in [-0.2, -0.15) is 5.10 Å². The van der Waals surface area contributed by atoms with Crippen molar-refractivity contribution in [3.63, 3.8) is 0 Å². The number of carbonyl (C=O) groups is 2. The third-order valence-electron chi connectivity index (χ3n) is 6.06. The Kier molecular flexibility index (Phi) is 9.66. The van der Waals surface area contributed by atoms with E-state index in [1.807, 2.05) is 68.4 Å². The fourth-order valence-corrected chi connectivity index (χ4v) is 4.02. The summed E-state index contributed by atoms with van der Waals surface area (Å²) < 4.78 is 10.9. The number of rotatable bonds is 12. The molecule has 0 radical (unpaired) electrons. The minimum absolute atomic E-state index is 0.114. The maximum Gasteiger partial charge on any atom is 0.407 e. The van der Waals surface area contributed by atoms with Crippen LogP contribution in [0.3, 0.4) is 0 Å². The van der Waals surface area contributed by atoms with E-state index in [1.54, 1.807) is 12.3 Å². The highest BCUT2D eigenvalue weighted by Gasteiger charge is 2.23. The lowest BCUT2D eigenvalue weighted by Gasteiger charge is -2.17. The van der Waals surface area contributed by atoms with Crippen molar-refractivity contribution in [2.75, 3.05) is 6.61 Å². The summed E-state index contributed by atoms with van der Waals surface area (Å²) in [5.41, 5.74) is 5.17. The lowest BCUT2D eigenvalue weighted by molar-refractivity contribution is -0.385. The normalized spacial score (nSPS) is 11.9. The Morgan fingerprint density at radius 3 is 2.59 bits per heavy atom. The molecule has 11 nitrogen and oxygen atoms in total. The number of para-hydroxylation sites is 1. The molecule has 41 heavy (non-hydrogen) atoms. The first-order valence-corrected chi connectivity index (χ1v) is 13.1. The van der Waals surface area contributed by atoms with Crippen LogP contribution in [0.4, 0.5) is 10.5 Å². The summed E-state index contributed by atoms with van der Waals surface area (Å²) in [6.45, 7) is 4.19. The number of hydrazone groups is 1. The molecule has 1 aromatic heterocycles. The summed E-state index contributed by atoms with van der Waals surface area (Å²) >= 11 is 0. The number of amides is 2. The summed E-state index contributed by atoms with van der Waals surface area (Å²) in [5, 5.41) is 19.2. The number of alkyl carbamates (subject to hydrolysis) is 1. The van der Waals surface area contributed by atoms with Crippen LogP contribution in [0.5, 0.6) is 5.75 Å². The third kappa shape index (κ3) is 8.15. The molecule has 0 saturated heterocycles. The van der Waals surface area contributed by atoms with Gasteiger partial charge in [0.25, 0.3) is 5.91 Å². The Bertz CT molecular complexity index is 1530. The number of benzene rings is 3. The molecular weight excluding hydrogens is 526 g/mol. The fourth-order valence-electron chi connectivity index (χ4n) is 4.02. The molecule has 4 rings (SSSR count). The van der Waals surface area contributed by atoms with Gasteiger partial charge in [0.05, 0.1) is 17.7 Å². The molecule has 0 aliphatic heterocycles. The molecule has 0 fully saturated rings. The second kappa shape index (κ2) is 13.7. The van der Waals surface area contributed by atoms with Crippen molar-refractivity contribution in [2.24, 2.45) is 11.0 Å². The van der Waals surface area contributed by atoms with Crippen LogP contribution in [0.1, 0.15) is 30.5 Å². The molecule has 0 aliphatic carbocycles. The first-order chi connectivity index (χ1) is 19.8. The fraction of sp³-hybridized carbons (Fsp3) is 0.233. The predicted octanol–water partition coefficient (Wildman–Crippen LogP) is 5.10. The van der Waals surface area contributed by atoms with E-state index in [1.165, 1.54) is 18.3 Å². The van der Waals surface area contributed by atoms with Crippen LogP contribution in [-0.2, 0) is 22.6 Å². The molecule has 1 heterocycles. The van der Waals surface area contributed by atoms with Crippen molar-refractivity contribution < 1.29 is 24.0 Å². The van der Waals surface area contributed by atoms with Gasteiger partial charge < -0.3 is 19.8 Å². The number of carbonyl (C=O) groups excluding carboxylic acids is 2. The molecule has 3 aromatic carbocycles. The van der Waals surface area contributed by atoms with E-state index in [0.29, 0.717) is 5.56 Å². The van der Waals surface area contributed by atoms with Crippen molar-refractivity contribution in [3.05, 3.63) is 106 Å². The van der Waals surface area contributed by atoms with Gasteiger partial charge in [-0.05, 0) is 35.2 Å². The number of hydrogen-bond acceptors (Lipinski definition) is 7. The molecule has 4 aromatic rings. The second-order valence-electron chi connectivity index (χ2n) is 9.75. The maximum atomic E-state index is 13.1. The van der Waals surface area contributed by atoms with Crippen molar-refractivity contribution in [2.45, 2.75) is 32.9 Å². The Morgan fingerprint density at radius 2 is 1.83 bits per heavy atom. The van der Waals surface area contributed by atoms with E-state index in [4.69, 9.17) is 9.47 Å². The predicted molar refractivity (Wildman–Crippen MR) is 155 cm³/mol. The molecule has 0 unspecified atom stereocenters. The Morgan fingerprint density at radius 1 is 1.07 bits per heavy atom. The summed E-state index contributed by atoms with van der Waals surface area (Å²) in [6.07, 6.45) is 2.53. The van der Waals surface area contributed by atoms with Gasteiger partial charge in [-0.15, -0.1) is 0 Å². The number of nitro groups is 1. The van der Waals surface area contributed by atoms with Gasteiger partial charge in [-0.3, -0.25) is 14.9 Å². The number of ether oxygens (including phenoxy) is 2. The van der Waals surface area contributed by atoms with Crippen LogP contribution in [0.2, 0.25) is 0 Å². The monoisotopic (exact) mass is 557 g/mol. The van der Waals surface area contributed by atoms with E-state index in [0.717, 1.165) is 22.0 Å². The van der Waals surface area contributed by atoms with E-state index >= 15 is 0 Å². The highest BCUT2D eigenvalue weighted by Crippen LogP contribution is 2.28. The van der Waals surface area contributed by atoms with Crippen molar-refractivity contribution in [1.82, 2.24) is 15.7 Å². The van der Waals surface area contributed by atoms with Crippen LogP contribution in [0.15, 0.2) is 84.1 Å². The standard InChI is InChI=1S/C30H31N5O6/c1-20(2)18-41-30(37)33-26(15-23-17-31-25-11-7-6-10-24(23)25)29(36)34-32-16-22-12-13-28(27(14-22)35(38)39)40-19-21-8-4-3-5-9-21/h3-14,16-17,20,26,31H,15,18-19H2,1-2H3,(H,33,37)(H,34,36)/b32-16-/t26-/m0/s1. The number of hydrogen-bond donors (Lipinski definition) is 3. The Hall–Kier alpha value is -5.19. The first-order valence-electron chi connectivity index (χ1n) is 13.1. The van der Waals surface area contributed by atoms with Crippen LogP contribution < -0.4 is 15.5 Å². The van der Waals surface area contributed by atoms with Crippen LogP contribution >= 0.6 is 0 Å². The van der Waals surface area contributed by atoms with Crippen LogP contribution in [0.25, 0.3) is 10.9 Å². The third-order valence-corrected chi connectivity index (χ3v) is 6.06. The first kappa shape index (κ1) is 28.8. The zero-order valence-electron chi connectivity index (χ0n) is 22.7. The largest absolute Gasteiger partial charge is 0.482 e. The van der Waals surface area contributed by atoms with Crippen molar-refractivity contribution in [3.8, 4) is 5.75 Å². The molecule has 2 amide bonds. The van der Waals surface area contributed by atoms with Crippen molar-refractivity contribution >= 4 is 34.8 Å². The highest BCUT2D eigenvalue weighted by molar-refractivity contribution is 5.89. The minimum atomic E-state index is -0.992. The highest BCUT2D eigenvalue weighted by atomic mass is 16.6. The van der Waals surface area contributed by atoms with Crippen molar-refractivity contribution in [1.29, 1.82) is 0 Å². The molecule has 0 bridgehead atoms. The number of nitrogens with one attached hydrogen (secondary N) is 3. The molecular formula is C30H31N5O6. The average molecular weight is 558 g/mol. The van der Waals surface area contributed by atoms with Gasteiger partial charge in [0.15, 0.2) is 5.75 Å². The number of H-pyrrole nitrogens is 1. The maximum absolute atomic E-state index is 13.1. The SMILES string of the molecule is CC(C)COC(=O)N[C@@H](Cc1c[nH]c2ccccc12)C(=O)N/N=C\c1ccc(OCc2ccccc2)c([N+](=O)[O-])c1. The van der Waals surface area contributed by atoms with Crippen LogP contribution in [-0.4, -0.2) is 40.8 Å². The van der Waals surface area contributed by atoms with Gasteiger partial charge in [0.2, 0.25) is 0 Å². The topological polar surface area (TPSA) is 148 Å². The van der Waals surface area contributed by atoms with E-state index in [-0.39, 0.29) is 37.0 Å². The molecule has 1 atom stereocenters. The lowest BCUT2D eigenvalue weighted by atomic mass is 10.0. The van der Waals surface area contributed by atoms with Gasteiger partial charge >= 0.3 is 11.8 Å². The number of nitrogens with zero attached hydrogens (tertiary/aromatic N) is 2. The minimum Gasteiger partial charge on any atom is -0.482 e. The van der Waals surface area contributed by atoms with E-state index in [2.05, 4.69) is 20.8 Å². The molecule has 0 saturated carbocycles. The molecule has 11 heteroatoms. The molecule has 0 spiro atoms. The molecule has 0 aliphatic rings. The van der Waals surface area contributed by atoms with Crippen LogP contribution in [0, 0.1) is 16.0 Å². The average Bonchev–Trinajstić information content (AvgIpc) is 3.38. The quantitative estimate of drug-likeness (QED) is 0.125. The number of aromatic nitrogens is 1. The van der Waals surface area contributed by atoms with Gasteiger partial charge in [0.1, 0.15) is 12.6 Å².